The Morgan fingerprint density at radius 3 is 2.17 bits per heavy atom. The number of aryl methyl sites for hydroxylation is 2. The first-order valence-corrected chi connectivity index (χ1v) is 8.05. The van der Waals surface area contributed by atoms with Crippen molar-refractivity contribution >= 4 is 17.6 Å². The number of aliphatic carboxylic acids is 1. The van der Waals surface area contributed by atoms with Crippen LogP contribution in [-0.4, -0.2) is 29.2 Å². The van der Waals surface area contributed by atoms with Gasteiger partial charge in [-0.3, -0.25) is 9.59 Å². The molecule has 122 valence electrons. The molecule has 1 saturated heterocycles. The van der Waals surface area contributed by atoms with Gasteiger partial charge >= 0.3 is 5.97 Å². The Bertz CT molecular complexity index is 645. The zero-order valence-electron chi connectivity index (χ0n) is 13.3. The van der Waals surface area contributed by atoms with Crippen LogP contribution in [0.25, 0.3) is 0 Å². The molecule has 1 aromatic carbocycles. The predicted octanol–water partition coefficient (Wildman–Crippen LogP) is 2.40. The number of carbonyl (C=O) groups is 2. The zero-order chi connectivity index (χ0) is 16.6. The van der Waals surface area contributed by atoms with E-state index in [1.54, 1.807) is 12.2 Å². The molecule has 0 aromatic heterocycles. The van der Waals surface area contributed by atoms with Gasteiger partial charge in [0, 0.05) is 5.69 Å². The van der Waals surface area contributed by atoms with Gasteiger partial charge in [-0.05, 0) is 24.0 Å². The van der Waals surface area contributed by atoms with E-state index in [0.29, 0.717) is 0 Å². The van der Waals surface area contributed by atoms with Gasteiger partial charge in [0.05, 0.1) is 18.1 Å². The van der Waals surface area contributed by atoms with Crippen LogP contribution in [0.1, 0.15) is 25.0 Å². The maximum atomic E-state index is 12.8. The summed E-state index contributed by atoms with van der Waals surface area (Å²) >= 11 is 0. The van der Waals surface area contributed by atoms with Crippen molar-refractivity contribution in [1.82, 2.24) is 0 Å². The van der Waals surface area contributed by atoms with Crippen LogP contribution in [0.5, 0.6) is 0 Å². The van der Waals surface area contributed by atoms with E-state index in [0.717, 1.165) is 29.7 Å². The maximum absolute atomic E-state index is 12.8. The van der Waals surface area contributed by atoms with Gasteiger partial charge in [0.15, 0.2) is 0 Å². The van der Waals surface area contributed by atoms with Crippen LogP contribution >= 0.6 is 0 Å². The molecular weight excluding hydrogens is 294 g/mol. The summed E-state index contributed by atoms with van der Waals surface area (Å²) in [4.78, 5) is 24.3. The minimum absolute atomic E-state index is 0.273. The number of hydrogen-bond acceptors (Lipinski definition) is 3. The number of benzene rings is 1. The molecule has 3 rings (SSSR count). The van der Waals surface area contributed by atoms with Gasteiger partial charge in [0.2, 0.25) is 5.91 Å². The number of carbonyl (C=O) groups excluding carboxylic acids is 1. The molecule has 5 nitrogen and oxygen atoms in total. The minimum atomic E-state index is -0.985. The van der Waals surface area contributed by atoms with Crippen molar-refractivity contribution in [2.24, 2.45) is 11.8 Å². The smallest absolute Gasteiger partial charge is 0.310 e. The van der Waals surface area contributed by atoms with Crippen LogP contribution < -0.4 is 5.32 Å². The summed E-state index contributed by atoms with van der Waals surface area (Å²) in [6, 6.07) is 5.96. The van der Waals surface area contributed by atoms with Gasteiger partial charge in [-0.15, -0.1) is 0 Å². The highest BCUT2D eigenvalue weighted by atomic mass is 16.5. The lowest BCUT2D eigenvalue weighted by Gasteiger charge is -2.22. The number of rotatable bonds is 5. The van der Waals surface area contributed by atoms with Crippen molar-refractivity contribution in [3.63, 3.8) is 0 Å². The molecule has 0 saturated carbocycles. The Morgan fingerprint density at radius 1 is 1.09 bits per heavy atom. The Morgan fingerprint density at radius 2 is 1.65 bits per heavy atom. The molecule has 23 heavy (non-hydrogen) atoms. The molecule has 4 atom stereocenters. The number of carboxylic acids is 1. The van der Waals surface area contributed by atoms with E-state index >= 15 is 0 Å². The molecule has 2 aliphatic heterocycles. The molecule has 0 spiro atoms. The van der Waals surface area contributed by atoms with Crippen LogP contribution in [0.4, 0.5) is 5.69 Å². The molecule has 2 N–H and O–H groups in total. The molecule has 2 bridgehead atoms. The minimum Gasteiger partial charge on any atom is -0.481 e. The highest BCUT2D eigenvalue weighted by Crippen LogP contribution is 2.40. The quantitative estimate of drug-likeness (QED) is 0.818. The van der Waals surface area contributed by atoms with Crippen molar-refractivity contribution in [2.45, 2.75) is 38.9 Å². The van der Waals surface area contributed by atoms with Gasteiger partial charge in [-0.2, -0.15) is 0 Å². The predicted molar refractivity (Wildman–Crippen MR) is 86.2 cm³/mol. The summed E-state index contributed by atoms with van der Waals surface area (Å²) in [6.45, 7) is 4.07. The third-order valence-electron chi connectivity index (χ3n) is 4.73. The normalized spacial score (nSPS) is 28.1. The standard InChI is InChI=1S/C18H21NO4/c1-3-10-6-5-7-11(4-2)16(10)19-17(20)14-12-8-9-13(23-12)15(14)18(21)22/h5-9,12-15H,3-4H2,1-2H3,(H,19,20)(H,21,22)/t12-,13+,14-,15-/m0/s1. The van der Waals surface area contributed by atoms with Crippen LogP contribution in [0, 0.1) is 11.8 Å². The molecular formula is C18H21NO4. The first kappa shape index (κ1) is 15.7. The number of carboxylic acid groups (broad SMARTS) is 1. The molecule has 5 heteroatoms. The second-order valence-corrected chi connectivity index (χ2v) is 5.99. The van der Waals surface area contributed by atoms with Gasteiger partial charge in [-0.1, -0.05) is 44.2 Å². The molecule has 1 amide bonds. The Balaban J connectivity index is 1.88. The summed E-state index contributed by atoms with van der Waals surface area (Å²) in [5, 5.41) is 12.4. The van der Waals surface area contributed by atoms with Crippen molar-refractivity contribution in [2.75, 3.05) is 5.32 Å². The van der Waals surface area contributed by atoms with E-state index in [2.05, 4.69) is 5.32 Å². The van der Waals surface area contributed by atoms with E-state index in [1.165, 1.54) is 0 Å². The van der Waals surface area contributed by atoms with Crippen molar-refractivity contribution in [3.8, 4) is 0 Å². The second-order valence-electron chi connectivity index (χ2n) is 5.99. The third-order valence-corrected chi connectivity index (χ3v) is 4.73. The lowest BCUT2D eigenvalue weighted by atomic mass is 9.82. The van der Waals surface area contributed by atoms with E-state index in [1.807, 2.05) is 32.0 Å². The van der Waals surface area contributed by atoms with Crippen LogP contribution in [0.2, 0.25) is 0 Å². The van der Waals surface area contributed by atoms with Crippen LogP contribution in [0.15, 0.2) is 30.4 Å². The Kier molecular flexibility index (Phi) is 4.22. The number of para-hydroxylation sites is 1. The number of amides is 1. The lowest BCUT2D eigenvalue weighted by molar-refractivity contribution is -0.145. The third kappa shape index (κ3) is 2.65. The second kappa shape index (κ2) is 6.16. The van der Waals surface area contributed by atoms with E-state index in [9.17, 15) is 14.7 Å². The summed E-state index contributed by atoms with van der Waals surface area (Å²) in [5.74, 6) is -2.76. The first-order valence-electron chi connectivity index (χ1n) is 8.05. The average Bonchev–Trinajstić information content (AvgIpc) is 3.15. The number of fused-ring (bicyclic) bond motifs is 2. The number of nitrogens with one attached hydrogen (secondary N) is 1. The summed E-state index contributed by atoms with van der Waals surface area (Å²) in [7, 11) is 0. The molecule has 1 fully saturated rings. The van der Waals surface area contributed by atoms with Crippen molar-refractivity contribution in [1.29, 1.82) is 0 Å². The van der Waals surface area contributed by atoms with Crippen LogP contribution in [-0.2, 0) is 27.2 Å². The Labute approximate surface area is 135 Å². The fourth-order valence-electron chi connectivity index (χ4n) is 3.52. The molecule has 0 aliphatic carbocycles. The summed E-state index contributed by atoms with van der Waals surface area (Å²) < 4.78 is 5.58. The largest absolute Gasteiger partial charge is 0.481 e. The summed E-state index contributed by atoms with van der Waals surface area (Å²) in [5.41, 5.74) is 2.94. The first-order chi connectivity index (χ1) is 11.1. The fraction of sp³-hybridized carbons (Fsp3) is 0.444. The number of ether oxygens (including phenoxy) is 1. The van der Waals surface area contributed by atoms with Gasteiger partial charge < -0.3 is 15.2 Å². The monoisotopic (exact) mass is 315 g/mol. The molecule has 2 heterocycles. The van der Waals surface area contributed by atoms with E-state index < -0.39 is 30.0 Å². The topological polar surface area (TPSA) is 75.6 Å². The summed E-state index contributed by atoms with van der Waals surface area (Å²) in [6.07, 6.45) is 4.20. The van der Waals surface area contributed by atoms with E-state index in [4.69, 9.17) is 4.74 Å². The molecule has 2 aliphatic rings. The highest BCUT2D eigenvalue weighted by Gasteiger charge is 2.53. The van der Waals surface area contributed by atoms with Crippen LogP contribution in [0.3, 0.4) is 0 Å². The molecule has 0 radical (unpaired) electrons. The lowest BCUT2D eigenvalue weighted by Crippen LogP contribution is -2.39. The maximum Gasteiger partial charge on any atom is 0.310 e. The highest BCUT2D eigenvalue weighted by molar-refractivity contribution is 5.97. The molecule has 0 unspecified atom stereocenters. The van der Waals surface area contributed by atoms with Gasteiger partial charge in [0.1, 0.15) is 5.92 Å². The number of anilines is 1. The van der Waals surface area contributed by atoms with Gasteiger partial charge in [0.25, 0.3) is 0 Å². The van der Waals surface area contributed by atoms with E-state index in [-0.39, 0.29) is 5.91 Å². The van der Waals surface area contributed by atoms with Gasteiger partial charge in [-0.25, -0.2) is 0 Å². The Hall–Kier alpha value is -2.14. The fourth-order valence-corrected chi connectivity index (χ4v) is 3.52. The van der Waals surface area contributed by atoms with Crippen molar-refractivity contribution in [3.05, 3.63) is 41.5 Å². The SMILES string of the molecule is CCc1cccc(CC)c1NC(=O)[C@@H]1[C@@H](C(=O)O)[C@H]2C=C[C@@H]1O2. The van der Waals surface area contributed by atoms with Crippen molar-refractivity contribution < 1.29 is 19.4 Å². The zero-order valence-corrected chi connectivity index (χ0v) is 13.3. The molecule has 1 aromatic rings. The average molecular weight is 315 g/mol. The number of hydrogen-bond donors (Lipinski definition) is 2.